The number of nitrogens with zero attached hydrogens (tertiary/aromatic N) is 3. The van der Waals surface area contributed by atoms with Gasteiger partial charge in [-0.2, -0.15) is 10.2 Å². The van der Waals surface area contributed by atoms with Crippen molar-refractivity contribution in [3.63, 3.8) is 0 Å². The molecule has 0 spiro atoms. The zero-order valence-electron chi connectivity index (χ0n) is 18.1. The first-order valence-electron chi connectivity index (χ1n) is 11.3. The van der Waals surface area contributed by atoms with E-state index in [4.69, 9.17) is 16.3 Å². The lowest BCUT2D eigenvalue weighted by Crippen LogP contribution is -2.35. The fourth-order valence-electron chi connectivity index (χ4n) is 5.07. The number of aromatic nitrogens is 1. The van der Waals surface area contributed by atoms with Gasteiger partial charge in [0.25, 0.3) is 0 Å². The monoisotopic (exact) mass is 436 g/mol. The molecule has 1 fully saturated rings. The van der Waals surface area contributed by atoms with Crippen LogP contribution in [-0.4, -0.2) is 23.7 Å². The number of para-hydroxylation sites is 1. The second kappa shape index (κ2) is 8.54. The van der Waals surface area contributed by atoms with E-state index in [-0.39, 0.29) is 6.10 Å². The third-order valence-corrected chi connectivity index (χ3v) is 7.00. The molecule has 0 radical (unpaired) electrons. The van der Waals surface area contributed by atoms with Crippen LogP contribution in [0.1, 0.15) is 45.1 Å². The van der Waals surface area contributed by atoms with Crippen molar-refractivity contribution in [2.75, 3.05) is 11.4 Å². The molecule has 0 atom stereocenters. The van der Waals surface area contributed by atoms with Gasteiger partial charge in [0.1, 0.15) is 5.75 Å². The van der Waals surface area contributed by atoms with Crippen molar-refractivity contribution >= 4 is 29.1 Å². The number of aromatic amines is 1. The van der Waals surface area contributed by atoms with E-state index >= 15 is 0 Å². The number of hydrogen-bond donors (Lipinski definition) is 1. The van der Waals surface area contributed by atoms with Gasteiger partial charge in [0.05, 0.1) is 35.2 Å². The maximum atomic E-state index is 6.94. The molecule has 1 saturated carbocycles. The lowest BCUT2D eigenvalue weighted by atomic mass is 9.81. The largest absolute Gasteiger partial charge is 0.490 e. The number of fused-ring (bicyclic) bond motifs is 3. The Kier molecular flexibility index (Phi) is 5.61. The lowest BCUT2D eigenvalue weighted by molar-refractivity contribution is 0.143. The van der Waals surface area contributed by atoms with E-state index in [1.54, 1.807) is 0 Å². The number of H-pyrrole nitrogens is 1. The average Bonchev–Trinajstić information content (AvgIpc) is 3.07. The van der Waals surface area contributed by atoms with Gasteiger partial charge in [0.2, 0.25) is 0 Å². The number of azo groups is 1. The highest BCUT2D eigenvalue weighted by Gasteiger charge is 2.31. The molecule has 1 aromatic carbocycles. The second-order valence-electron chi connectivity index (χ2n) is 8.90. The Morgan fingerprint density at radius 3 is 2.65 bits per heavy atom. The van der Waals surface area contributed by atoms with E-state index in [2.05, 4.69) is 40.0 Å². The molecular weight excluding hydrogens is 408 g/mol. The summed E-state index contributed by atoms with van der Waals surface area (Å²) in [5.41, 5.74) is 3.74. The number of benzene rings is 1. The van der Waals surface area contributed by atoms with E-state index in [1.165, 1.54) is 16.8 Å². The van der Waals surface area contributed by atoms with Gasteiger partial charge < -0.3 is 14.6 Å². The third kappa shape index (κ3) is 3.91. The van der Waals surface area contributed by atoms with Crippen LogP contribution >= 0.6 is 11.6 Å². The van der Waals surface area contributed by atoms with Crippen LogP contribution in [0.5, 0.6) is 5.75 Å². The van der Waals surface area contributed by atoms with Crippen LogP contribution in [0.2, 0.25) is 0 Å². The van der Waals surface area contributed by atoms with Crippen LogP contribution in [-0.2, 0) is 6.54 Å². The Bertz CT molecular complexity index is 1120. The first-order chi connectivity index (χ1) is 15.1. The summed E-state index contributed by atoms with van der Waals surface area (Å²) in [6.07, 6.45) is 8.49. The minimum Gasteiger partial charge on any atom is -0.490 e. The van der Waals surface area contributed by atoms with Crippen molar-refractivity contribution in [2.24, 2.45) is 16.1 Å². The van der Waals surface area contributed by atoms with Crippen LogP contribution in [0.3, 0.4) is 0 Å². The predicted octanol–water partition coefficient (Wildman–Crippen LogP) is 4.86. The molecule has 0 unspecified atom stereocenters. The highest BCUT2D eigenvalue weighted by molar-refractivity contribution is 6.36. The molecule has 2 aliphatic heterocycles. The summed E-state index contributed by atoms with van der Waals surface area (Å²) < 4.78 is 6.22. The fourth-order valence-corrected chi connectivity index (χ4v) is 5.39. The number of hydrogen-bond acceptors (Lipinski definition) is 4. The minimum absolute atomic E-state index is 0.266. The van der Waals surface area contributed by atoms with Crippen molar-refractivity contribution in [1.82, 2.24) is 4.98 Å². The summed E-state index contributed by atoms with van der Waals surface area (Å²) >= 11 is 6.94. The number of halogens is 1. The summed E-state index contributed by atoms with van der Waals surface area (Å²) in [5.74, 6) is 1.38. The molecule has 3 aliphatic rings. The van der Waals surface area contributed by atoms with Crippen molar-refractivity contribution < 1.29 is 4.74 Å². The van der Waals surface area contributed by atoms with Crippen LogP contribution in [0.4, 0.5) is 5.69 Å². The van der Waals surface area contributed by atoms with Crippen molar-refractivity contribution in [3.05, 3.63) is 57.7 Å². The Morgan fingerprint density at radius 1 is 1.13 bits per heavy atom. The summed E-state index contributed by atoms with van der Waals surface area (Å²) in [6.45, 7) is 5.89. The molecule has 1 aromatic heterocycles. The fraction of sp³-hybridized carbons (Fsp3) is 0.440. The van der Waals surface area contributed by atoms with Crippen molar-refractivity contribution in [3.8, 4) is 5.75 Å². The topological polar surface area (TPSA) is 53.0 Å². The SMILES string of the molecule is CC(C)N1CC=C(Cl)C([C@H]2CC[C@H](Oc3ccccc3)CC2)=c2[nH]c3c(c21)CN=NC=3. The van der Waals surface area contributed by atoms with Gasteiger partial charge in [-0.25, -0.2) is 0 Å². The Labute approximate surface area is 188 Å². The Morgan fingerprint density at radius 2 is 1.90 bits per heavy atom. The third-order valence-electron chi connectivity index (χ3n) is 6.64. The van der Waals surface area contributed by atoms with Gasteiger partial charge in [-0.15, -0.1) is 0 Å². The number of anilines is 1. The molecule has 0 saturated heterocycles. The standard InChI is InChI=1S/C25H29ClN4O/c1-16(2)30-13-12-21(26)23(24-25(30)20-14-27-28-15-22(20)29-24)17-8-10-19(11-9-17)31-18-6-4-3-5-7-18/h3-7,12,15-17,19,29H,8-11,13-14H2,1-2H3/t17-,19-. The zero-order valence-corrected chi connectivity index (χ0v) is 18.9. The van der Waals surface area contributed by atoms with Gasteiger partial charge >= 0.3 is 0 Å². The summed E-state index contributed by atoms with van der Waals surface area (Å²) in [4.78, 5) is 6.09. The molecule has 0 bridgehead atoms. The van der Waals surface area contributed by atoms with Gasteiger partial charge in [0.15, 0.2) is 0 Å². The van der Waals surface area contributed by atoms with Crippen LogP contribution in [0.15, 0.2) is 51.7 Å². The molecule has 0 amide bonds. The van der Waals surface area contributed by atoms with E-state index in [1.807, 2.05) is 36.5 Å². The molecule has 3 heterocycles. The van der Waals surface area contributed by atoms with Crippen LogP contribution in [0.25, 0.3) is 11.8 Å². The van der Waals surface area contributed by atoms with E-state index in [9.17, 15) is 0 Å². The first-order valence-corrected chi connectivity index (χ1v) is 11.7. The summed E-state index contributed by atoms with van der Waals surface area (Å²) in [7, 11) is 0. The highest BCUT2D eigenvalue weighted by Crippen LogP contribution is 2.38. The van der Waals surface area contributed by atoms with E-state index in [0.717, 1.165) is 53.7 Å². The number of nitrogens with one attached hydrogen (secondary N) is 1. The lowest BCUT2D eigenvalue weighted by Gasteiger charge is -2.30. The van der Waals surface area contributed by atoms with Crippen molar-refractivity contribution in [2.45, 2.75) is 58.2 Å². The maximum Gasteiger partial charge on any atom is 0.119 e. The molecular formula is C25H29ClN4O. The van der Waals surface area contributed by atoms with Gasteiger partial charge in [-0.05, 0) is 69.2 Å². The Hall–Kier alpha value is -2.53. The summed E-state index contributed by atoms with van der Waals surface area (Å²) in [6, 6.07) is 10.5. The molecule has 1 N–H and O–H groups in total. The predicted molar refractivity (Wildman–Crippen MR) is 126 cm³/mol. The smallest absolute Gasteiger partial charge is 0.119 e. The van der Waals surface area contributed by atoms with Crippen LogP contribution in [0, 0.1) is 5.92 Å². The molecule has 5 nitrogen and oxygen atoms in total. The van der Waals surface area contributed by atoms with Gasteiger partial charge in [-0.3, -0.25) is 0 Å². The van der Waals surface area contributed by atoms with E-state index in [0.29, 0.717) is 18.5 Å². The normalized spacial score (nSPS) is 23.0. The van der Waals surface area contributed by atoms with Gasteiger partial charge in [0, 0.05) is 23.2 Å². The highest BCUT2D eigenvalue weighted by atomic mass is 35.5. The molecule has 162 valence electrons. The first kappa shape index (κ1) is 20.4. The molecule has 31 heavy (non-hydrogen) atoms. The Balaban J connectivity index is 1.49. The molecule has 2 aromatic rings. The maximum absolute atomic E-state index is 6.94. The molecule has 6 heteroatoms. The number of ether oxygens (including phenoxy) is 1. The second-order valence-corrected chi connectivity index (χ2v) is 9.31. The van der Waals surface area contributed by atoms with Crippen LogP contribution < -0.4 is 20.3 Å². The molecule has 1 aliphatic carbocycles. The number of allylic oxidation sites excluding steroid dienone is 1. The minimum atomic E-state index is 0.266. The zero-order chi connectivity index (χ0) is 21.4. The average molecular weight is 437 g/mol. The summed E-state index contributed by atoms with van der Waals surface area (Å²) in [5, 5.41) is 11.5. The van der Waals surface area contributed by atoms with E-state index < -0.39 is 0 Å². The quantitative estimate of drug-likeness (QED) is 0.744. The number of rotatable bonds is 4. The van der Waals surface area contributed by atoms with Crippen molar-refractivity contribution in [1.29, 1.82) is 0 Å². The van der Waals surface area contributed by atoms with Gasteiger partial charge in [-0.1, -0.05) is 29.8 Å². The molecule has 5 rings (SSSR count).